The van der Waals surface area contributed by atoms with E-state index in [1.807, 2.05) is 0 Å². The van der Waals surface area contributed by atoms with Gasteiger partial charge < -0.3 is 4.57 Å². The predicted octanol–water partition coefficient (Wildman–Crippen LogP) is 0.757. The lowest BCUT2D eigenvalue weighted by Gasteiger charge is -1.85. The van der Waals surface area contributed by atoms with Gasteiger partial charge in [-0.3, -0.25) is 0 Å². The molecule has 0 amide bonds. The second kappa shape index (κ2) is 2.15. The SMILES string of the molecule is Cn1cnnc1N=[N+]=[N-]. The van der Waals surface area contributed by atoms with Crippen LogP contribution in [0.2, 0.25) is 0 Å². The molecule has 0 saturated heterocycles. The van der Waals surface area contributed by atoms with Crippen LogP contribution in [0.4, 0.5) is 5.95 Å². The van der Waals surface area contributed by atoms with Crippen LogP contribution < -0.4 is 0 Å². The van der Waals surface area contributed by atoms with Crippen LogP contribution in [0.3, 0.4) is 0 Å². The molecule has 0 bridgehead atoms. The lowest BCUT2D eigenvalue weighted by atomic mass is 11.0. The second-order valence-corrected chi connectivity index (χ2v) is 1.43. The van der Waals surface area contributed by atoms with E-state index in [1.54, 1.807) is 7.05 Å². The Morgan fingerprint density at radius 1 is 1.89 bits per heavy atom. The summed E-state index contributed by atoms with van der Waals surface area (Å²) >= 11 is 0. The summed E-state index contributed by atoms with van der Waals surface area (Å²) in [5.74, 6) is 0.275. The number of aromatic nitrogens is 3. The smallest absolute Gasteiger partial charge is 0.220 e. The maximum absolute atomic E-state index is 7.94. The van der Waals surface area contributed by atoms with Gasteiger partial charge in [0.25, 0.3) is 0 Å². The third kappa shape index (κ3) is 0.974. The van der Waals surface area contributed by atoms with Crippen LogP contribution in [0.25, 0.3) is 10.4 Å². The molecule has 0 spiro atoms. The van der Waals surface area contributed by atoms with E-state index < -0.39 is 0 Å². The highest BCUT2D eigenvalue weighted by molar-refractivity contribution is 5.10. The summed E-state index contributed by atoms with van der Waals surface area (Å²) in [5.41, 5.74) is 7.94. The summed E-state index contributed by atoms with van der Waals surface area (Å²) in [5, 5.41) is 10.2. The van der Waals surface area contributed by atoms with Crippen LogP contribution in [0.1, 0.15) is 0 Å². The Bertz CT molecular complexity index is 243. The standard InChI is InChI=1S/C3H4N6/c1-9-2-5-6-3(9)7-8-4/h2H,1H3. The molecular formula is C3H4N6. The third-order valence-corrected chi connectivity index (χ3v) is 0.822. The molecule has 9 heavy (non-hydrogen) atoms. The Labute approximate surface area is 50.8 Å². The molecule has 0 fully saturated rings. The molecule has 0 atom stereocenters. The summed E-state index contributed by atoms with van der Waals surface area (Å²) in [4.78, 5) is 2.54. The summed E-state index contributed by atoms with van der Waals surface area (Å²) in [6.45, 7) is 0. The fraction of sp³-hybridized carbons (Fsp3) is 0.333. The minimum absolute atomic E-state index is 0.275. The molecule has 0 aliphatic carbocycles. The van der Waals surface area contributed by atoms with Crippen molar-refractivity contribution < 1.29 is 0 Å². The molecule has 1 aromatic rings. The second-order valence-electron chi connectivity index (χ2n) is 1.43. The molecule has 0 aliphatic heterocycles. The van der Waals surface area contributed by atoms with Gasteiger partial charge in [-0.2, -0.15) is 0 Å². The zero-order chi connectivity index (χ0) is 6.69. The van der Waals surface area contributed by atoms with E-state index in [9.17, 15) is 0 Å². The maximum Gasteiger partial charge on any atom is 0.220 e. The van der Waals surface area contributed by atoms with E-state index in [0.717, 1.165) is 0 Å². The Balaban J connectivity index is 3.07. The summed E-state index contributed by atoms with van der Waals surface area (Å²) in [6, 6.07) is 0. The van der Waals surface area contributed by atoms with E-state index >= 15 is 0 Å². The van der Waals surface area contributed by atoms with Crippen molar-refractivity contribution >= 4 is 5.95 Å². The molecule has 1 aromatic heterocycles. The van der Waals surface area contributed by atoms with Crippen LogP contribution in [0.5, 0.6) is 0 Å². The first-order valence-electron chi connectivity index (χ1n) is 2.23. The molecule has 6 nitrogen and oxygen atoms in total. The zero-order valence-corrected chi connectivity index (χ0v) is 4.76. The van der Waals surface area contributed by atoms with Gasteiger partial charge in [0.05, 0.1) is 0 Å². The van der Waals surface area contributed by atoms with Crippen LogP contribution in [0, 0.1) is 0 Å². The van der Waals surface area contributed by atoms with Gasteiger partial charge in [0, 0.05) is 12.0 Å². The number of rotatable bonds is 1. The first kappa shape index (κ1) is 5.58. The van der Waals surface area contributed by atoms with Crippen molar-refractivity contribution in [2.24, 2.45) is 12.2 Å². The Hall–Kier alpha value is -1.55. The monoisotopic (exact) mass is 124 g/mol. The van der Waals surface area contributed by atoms with E-state index in [0.29, 0.717) is 0 Å². The Kier molecular flexibility index (Phi) is 1.33. The first-order chi connectivity index (χ1) is 4.34. The molecule has 0 N–H and O–H groups in total. The number of hydrogen-bond donors (Lipinski definition) is 0. The fourth-order valence-corrected chi connectivity index (χ4v) is 0.408. The highest BCUT2D eigenvalue weighted by atomic mass is 15.3. The summed E-state index contributed by atoms with van der Waals surface area (Å²) < 4.78 is 1.53. The zero-order valence-electron chi connectivity index (χ0n) is 4.76. The summed E-state index contributed by atoms with van der Waals surface area (Å²) in [6.07, 6.45) is 1.46. The topological polar surface area (TPSA) is 79.5 Å². The van der Waals surface area contributed by atoms with Gasteiger partial charge >= 0.3 is 0 Å². The van der Waals surface area contributed by atoms with Crippen molar-refractivity contribution in [2.75, 3.05) is 0 Å². The van der Waals surface area contributed by atoms with E-state index in [1.165, 1.54) is 10.9 Å². The molecule has 0 radical (unpaired) electrons. The molecule has 0 saturated carbocycles. The van der Waals surface area contributed by atoms with Gasteiger partial charge in [0.2, 0.25) is 5.95 Å². The van der Waals surface area contributed by atoms with E-state index in [4.69, 9.17) is 5.53 Å². The Morgan fingerprint density at radius 2 is 2.67 bits per heavy atom. The average molecular weight is 124 g/mol. The van der Waals surface area contributed by atoms with E-state index in [-0.39, 0.29) is 5.95 Å². The molecule has 1 rings (SSSR count). The molecule has 46 valence electrons. The van der Waals surface area contributed by atoms with Crippen LogP contribution in [-0.2, 0) is 7.05 Å². The lowest BCUT2D eigenvalue weighted by Crippen LogP contribution is -1.81. The highest BCUT2D eigenvalue weighted by Gasteiger charge is 1.92. The first-order valence-corrected chi connectivity index (χ1v) is 2.23. The van der Waals surface area contributed by atoms with Gasteiger partial charge in [-0.05, 0) is 10.6 Å². The fourth-order valence-electron chi connectivity index (χ4n) is 0.408. The number of azide groups is 1. The molecule has 0 unspecified atom stereocenters. The molecule has 1 heterocycles. The van der Waals surface area contributed by atoms with Crippen LogP contribution in [0.15, 0.2) is 11.4 Å². The van der Waals surface area contributed by atoms with Gasteiger partial charge in [-0.15, -0.1) is 10.2 Å². The van der Waals surface area contributed by atoms with Crippen molar-refractivity contribution in [3.8, 4) is 0 Å². The number of aryl methyl sites for hydroxylation is 1. The summed E-state index contributed by atoms with van der Waals surface area (Å²) in [7, 11) is 1.70. The van der Waals surface area contributed by atoms with Crippen molar-refractivity contribution in [1.82, 2.24) is 14.8 Å². The number of hydrogen-bond acceptors (Lipinski definition) is 3. The minimum Gasteiger partial charge on any atom is -0.315 e. The van der Waals surface area contributed by atoms with Gasteiger partial charge in [-0.25, -0.2) is 0 Å². The van der Waals surface area contributed by atoms with Crippen LogP contribution >= 0.6 is 0 Å². The quantitative estimate of drug-likeness (QED) is 0.314. The lowest BCUT2D eigenvalue weighted by molar-refractivity contribution is 0.905. The van der Waals surface area contributed by atoms with Crippen LogP contribution in [-0.4, -0.2) is 14.8 Å². The van der Waals surface area contributed by atoms with E-state index in [2.05, 4.69) is 20.2 Å². The Morgan fingerprint density at radius 3 is 3.11 bits per heavy atom. The molecule has 0 aromatic carbocycles. The average Bonchev–Trinajstić information content (AvgIpc) is 2.18. The number of nitrogens with zero attached hydrogens (tertiary/aromatic N) is 6. The molecule has 6 heteroatoms. The van der Waals surface area contributed by atoms with Crippen molar-refractivity contribution in [3.63, 3.8) is 0 Å². The maximum atomic E-state index is 7.94. The van der Waals surface area contributed by atoms with Crippen molar-refractivity contribution in [1.29, 1.82) is 0 Å². The molecule has 0 aliphatic rings. The van der Waals surface area contributed by atoms with Gasteiger partial charge in [0.1, 0.15) is 6.33 Å². The van der Waals surface area contributed by atoms with Gasteiger partial charge in [0.15, 0.2) is 0 Å². The van der Waals surface area contributed by atoms with Crippen molar-refractivity contribution in [2.45, 2.75) is 0 Å². The molecular weight excluding hydrogens is 120 g/mol. The highest BCUT2D eigenvalue weighted by Crippen LogP contribution is 2.01. The largest absolute Gasteiger partial charge is 0.315 e. The third-order valence-electron chi connectivity index (χ3n) is 0.822. The minimum atomic E-state index is 0.275. The normalized spacial score (nSPS) is 8.56. The van der Waals surface area contributed by atoms with Gasteiger partial charge in [-0.1, -0.05) is 0 Å². The van der Waals surface area contributed by atoms with Crippen molar-refractivity contribution in [3.05, 3.63) is 16.8 Å². The predicted molar refractivity (Wildman–Crippen MR) is 29.8 cm³/mol.